The number of rotatable bonds is 3. The first-order chi connectivity index (χ1) is 15.7. The van der Waals surface area contributed by atoms with Gasteiger partial charge in [0.05, 0.1) is 0 Å². The van der Waals surface area contributed by atoms with E-state index in [2.05, 4.69) is 20.0 Å². The Morgan fingerprint density at radius 1 is 1.24 bits per heavy atom. The van der Waals surface area contributed by atoms with E-state index in [0.29, 0.717) is 25.6 Å². The Balaban J connectivity index is 1.31. The Labute approximate surface area is 204 Å². The zero-order valence-electron chi connectivity index (χ0n) is 19.6. The van der Waals surface area contributed by atoms with E-state index in [-0.39, 0.29) is 22.0 Å². The van der Waals surface area contributed by atoms with Gasteiger partial charge in [-0.15, -0.1) is 0 Å². The standard InChI is InChI=1S/C22H30IN6O4/c1-13-19(28-7-14-6-26-27(5)17(14)10-28)24-12-25-20(13)32-18-15-8-29(9-16(18)23-31-11-15)21(30)33-22(2,3)4/h6,12,15-16,18H,7-11H2,1-5H3/q-1. The van der Waals surface area contributed by atoms with Gasteiger partial charge in [0.2, 0.25) is 0 Å². The molecule has 0 aromatic carbocycles. The first kappa shape index (κ1) is 22.6. The number of piperidine rings is 1. The van der Waals surface area contributed by atoms with Gasteiger partial charge < -0.3 is 0 Å². The molecule has 0 saturated carbocycles. The molecule has 3 unspecified atom stereocenters. The molecule has 3 atom stereocenters. The summed E-state index contributed by atoms with van der Waals surface area (Å²) >= 11 is -0.547. The van der Waals surface area contributed by atoms with Crippen molar-refractivity contribution in [3.63, 3.8) is 0 Å². The minimum atomic E-state index is -0.547. The van der Waals surface area contributed by atoms with Crippen LogP contribution in [0.3, 0.4) is 0 Å². The zero-order chi connectivity index (χ0) is 23.3. The van der Waals surface area contributed by atoms with E-state index in [1.807, 2.05) is 50.5 Å². The van der Waals surface area contributed by atoms with Crippen LogP contribution in [0.25, 0.3) is 0 Å². The fourth-order valence-electron chi connectivity index (χ4n) is 4.57. The number of fused-ring (bicyclic) bond motifs is 3. The van der Waals surface area contributed by atoms with Crippen LogP contribution in [0.4, 0.5) is 10.6 Å². The van der Waals surface area contributed by atoms with Gasteiger partial charge in [-0.1, -0.05) is 0 Å². The van der Waals surface area contributed by atoms with E-state index in [0.717, 1.165) is 24.5 Å². The fourth-order valence-corrected chi connectivity index (χ4v) is 7.36. The van der Waals surface area contributed by atoms with Crippen LogP contribution in [0, 0.1) is 12.8 Å². The third-order valence-corrected chi connectivity index (χ3v) is 8.66. The summed E-state index contributed by atoms with van der Waals surface area (Å²) < 4.78 is 20.1. The van der Waals surface area contributed by atoms with Crippen LogP contribution in [0.2, 0.25) is 0 Å². The van der Waals surface area contributed by atoms with Crippen LogP contribution in [0.15, 0.2) is 12.5 Å². The molecular formula is C22H30IN6O4-. The summed E-state index contributed by atoms with van der Waals surface area (Å²) in [5.41, 5.74) is 2.86. The SMILES string of the molecule is Cc1c(OC2C3CO[I-]C2CN(C(=O)OC(C)(C)C)C3)ncnc1N1Cc2cnn(C)c2C1. The number of hydrogen-bond acceptors (Lipinski definition) is 8. The molecule has 180 valence electrons. The topological polar surface area (TPSA) is 94.8 Å². The number of carbonyl (C=O) groups is 1. The second-order valence-electron chi connectivity index (χ2n) is 9.83. The molecule has 2 bridgehead atoms. The summed E-state index contributed by atoms with van der Waals surface area (Å²) in [7, 11) is 1.97. The van der Waals surface area contributed by atoms with Crippen LogP contribution in [-0.2, 0) is 27.9 Å². The van der Waals surface area contributed by atoms with Crippen molar-refractivity contribution in [1.29, 1.82) is 0 Å². The molecule has 33 heavy (non-hydrogen) atoms. The molecule has 0 N–H and O–H groups in total. The number of carbonyl (C=O) groups excluding carboxylic acids is 1. The number of hydrogen-bond donors (Lipinski definition) is 0. The minimum absolute atomic E-state index is 0.0216. The number of nitrogens with zero attached hydrogens (tertiary/aromatic N) is 6. The molecule has 2 aromatic rings. The number of aryl methyl sites for hydroxylation is 1. The van der Waals surface area contributed by atoms with E-state index < -0.39 is 27.2 Å². The third-order valence-electron chi connectivity index (χ3n) is 6.19. The Bertz CT molecular complexity index is 1040. The van der Waals surface area contributed by atoms with Crippen molar-refractivity contribution < 1.29 is 39.0 Å². The van der Waals surface area contributed by atoms with Crippen molar-refractivity contribution in [3.05, 3.63) is 29.3 Å². The molecule has 5 rings (SSSR count). The summed E-state index contributed by atoms with van der Waals surface area (Å²) in [5.74, 6) is 1.59. The molecule has 2 aromatic heterocycles. The molecule has 1 amide bonds. The van der Waals surface area contributed by atoms with Crippen molar-refractivity contribution in [1.82, 2.24) is 24.6 Å². The normalized spacial score (nSPS) is 24.8. The molecule has 0 aliphatic carbocycles. The van der Waals surface area contributed by atoms with Gasteiger partial charge in [0.25, 0.3) is 0 Å². The van der Waals surface area contributed by atoms with E-state index in [9.17, 15) is 4.79 Å². The van der Waals surface area contributed by atoms with Gasteiger partial charge in [-0.05, 0) is 0 Å². The summed E-state index contributed by atoms with van der Waals surface area (Å²) in [5, 5.41) is 4.34. The molecule has 5 heterocycles. The van der Waals surface area contributed by atoms with Crippen LogP contribution in [-0.4, -0.2) is 66.1 Å². The monoisotopic (exact) mass is 569 g/mol. The third kappa shape index (κ3) is 4.48. The second-order valence-corrected chi connectivity index (χ2v) is 12.6. The van der Waals surface area contributed by atoms with E-state index >= 15 is 0 Å². The van der Waals surface area contributed by atoms with Crippen molar-refractivity contribution in [3.8, 4) is 5.88 Å². The molecule has 0 spiro atoms. The maximum atomic E-state index is 12.7. The Morgan fingerprint density at radius 2 is 2.06 bits per heavy atom. The Hall–Kier alpha value is -2.15. The quantitative estimate of drug-likeness (QED) is 0.346. The van der Waals surface area contributed by atoms with Gasteiger partial charge in [-0.3, -0.25) is 0 Å². The molecule has 2 saturated heterocycles. The first-order valence-corrected chi connectivity index (χ1v) is 13.3. The van der Waals surface area contributed by atoms with Crippen molar-refractivity contribution in [2.24, 2.45) is 13.0 Å². The van der Waals surface area contributed by atoms with Gasteiger partial charge in [0.15, 0.2) is 0 Å². The number of aromatic nitrogens is 4. The predicted molar refractivity (Wildman–Crippen MR) is 115 cm³/mol. The predicted octanol–water partition coefficient (Wildman–Crippen LogP) is -0.944. The summed E-state index contributed by atoms with van der Waals surface area (Å²) in [6.45, 7) is 11.0. The number of alkyl halides is 1. The summed E-state index contributed by atoms with van der Waals surface area (Å²) in [6.07, 6.45) is 3.22. The number of ether oxygens (including phenoxy) is 2. The Morgan fingerprint density at radius 3 is 2.79 bits per heavy atom. The molecular weight excluding hydrogens is 539 g/mol. The van der Waals surface area contributed by atoms with Gasteiger partial charge in [-0.2, -0.15) is 0 Å². The first-order valence-electron chi connectivity index (χ1n) is 11.2. The summed E-state index contributed by atoms with van der Waals surface area (Å²) in [4.78, 5) is 25.7. The molecule has 3 aliphatic heterocycles. The Kier molecular flexibility index (Phi) is 5.88. The second kappa shape index (κ2) is 8.57. The number of halogens is 1. The maximum absolute atomic E-state index is 12.7. The van der Waals surface area contributed by atoms with Crippen LogP contribution < -0.4 is 31.3 Å². The molecule has 2 fully saturated rings. The van der Waals surface area contributed by atoms with Crippen molar-refractivity contribution in [2.45, 2.75) is 56.4 Å². The van der Waals surface area contributed by atoms with Gasteiger partial charge in [0, 0.05) is 0 Å². The molecule has 3 aliphatic rings. The van der Waals surface area contributed by atoms with Gasteiger partial charge in [0.1, 0.15) is 0 Å². The van der Waals surface area contributed by atoms with E-state index in [4.69, 9.17) is 12.5 Å². The number of anilines is 1. The van der Waals surface area contributed by atoms with Crippen molar-refractivity contribution in [2.75, 3.05) is 24.6 Å². The molecule has 10 nitrogen and oxygen atoms in total. The fraction of sp³-hybridized carbons (Fsp3) is 0.636. The molecule has 11 heteroatoms. The number of amides is 1. The zero-order valence-corrected chi connectivity index (χ0v) is 21.8. The van der Waals surface area contributed by atoms with Gasteiger partial charge in [-0.25, -0.2) is 0 Å². The van der Waals surface area contributed by atoms with Gasteiger partial charge >= 0.3 is 205 Å². The average molecular weight is 569 g/mol. The average Bonchev–Trinajstić information content (AvgIpc) is 3.30. The van der Waals surface area contributed by atoms with Crippen LogP contribution >= 0.6 is 0 Å². The number of likely N-dealkylation sites (tertiary alicyclic amines) is 1. The summed E-state index contributed by atoms with van der Waals surface area (Å²) in [6, 6.07) is 0. The van der Waals surface area contributed by atoms with E-state index in [1.54, 1.807) is 6.33 Å². The molecule has 0 radical (unpaired) electrons. The van der Waals surface area contributed by atoms with Crippen LogP contribution in [0.5, 0.6) is 5.88 Å². The van der Waals surface area contributed by atoms with Crippen molar-refractivity contribution >= 4 is 11.9 Å². The van der Waals surface area contributed by atoms with E-state index in [1.165, 1.54) is 11.3 Å². The van der Waals surface area contributed by atoms with Crippen LogP contribution in [0.1, 0.15) is 37.6 Å².